The predicted molar refractivity (Wildman–Crippen MR) is 145 cm³/mol. The van der Waals surface area contributed by atoms with Gasteiger partial charge in [0.15, 0.2) is 16.7 Å². The van der Waals surface area contributed by atoms with E-state index >= 15 is 0 Å². The Labute approximate surface area is 225 Å². The molecule has 0 radical (unpaired) electrons. The highest BCUT2D eigenvalue weighted by Gasteiger charge is 2.30. The van der Waals surface area contributed by atoms with E-state index < -0.39 is 5.97 Å². The number of benzene rings is 3. The fraction of sp³-hybridized carbons (Fsp3) is 0.115. The number of amidine groups is 1. The summed E-state index contributed by atoms with van der Waals surface area (Å²) in [4.78, 5) is 30.5. The van der Waals surface area contributed by atoms with Gasteiger partial charge in [-0.05, 0) is 59.8 Å². The first-order valence-corrected chi connectivity index (χ1v) is 12.6. The number of carboxylic acid groups (broad SMARTS) is 1. The van der Waals surface area contributed by atoms with Crippen LogP contribution >= 0.6 is 39.3 Å². The first kappa shape index (κ1) is 25.8. The molecule has 1 amide bonds. The largest absolute Gasteiger partial charge is 0.493 e. The van der Waals surface area contributed by atoms with E-state index in [1.807, 2.05) is 18.2 Å². The maximum Gasteiger partial charge on any atom is 0.335 e. The van der Waals surface area contributed by atoms with Crippen molar-refractivity contribution < 1.29 is 24.2 Å². The summed E-state index contributed by atoms with van der Waals surface area (Å²) >= 11 is 11.0. The second-order valence-corrected chi connectivity index (χ2v) is 9.90. The quantitative estimate of drug-likeness (QED) is 0.313. The molecule has 184 valence electrons. The normalized spacial score (nSPS) is 15.6. The second kappa shape index (κ2) is 11.2. The van der Waals surface area contributed by atoms with Gasteiger partial charge in [0.2, 0.25) is 0 Å². The summed E-state index contributed by atoms with van der Waals surface area (Å²) in [5.41, 5.74) is 2.13. The number of hydrogen-bond acceptors (Lipinski definition) is 6. The number of carbonyl (C=O) groups excluding carboxylic acids is 1. The highest BCUT2D eigenvalue weighted by molar-refractivity contribution is 9.10. The average Bonchev–Trinajstić information content (AvgIpc) is 3.12. The number of aliphatic imine (C=N–C) groups is 1. The Hall–Kier alpha value is -3.27. The number of thioether (sulfide) groups is 1. The molecule has 4 rings (SSSR count). The third-order valence-electron chi connectivity index (χ3n) is 5.23. The SMILES string of the molecule is COc1cc(C=C2SC(=Nc3cccc(C(=O)O)c3)N(C)C2=O)c(Br)cc1OCc1ccccc1Cl. The van der Waals surface area contributed by atoms with Gasteiger partial charge in [-0.1, -0.05) is 51.8 Å². The van der Waals surface area contributed by atoms with E-state index in [9.17, 15) is 14.7 Å². The zero-order chi connectivity index (χ0) is 25.8. The molecule has 1 fully saturated rings. The molecule has 0 saturated carbocycles. The minimum absolute atomic E-state index is 0.123. The van der Waals surface area contributed by atoms with Crippen molar-refractivity contribution in [3.8, 4) is 11.5 Å². The highest BCUT2D eigenvalue weighted by Crippen LogP contribution is 2.38. The molecule has 0 spiro atoms. The lowest BCUT2D eigenvalue weighted by Crippen LogP contribution is -2.23. The van der Waals surface area contributed by atoms with Crippen LogP contribution in [0.1, 0.15) is 21.5 Å². The second-order valence-electron chi connectivity index (χ2n) is 7.63. The molecule has 1 saturated heterocycles. The summed E-state index contributed by atoms with van der Waals surface area (Å²) in [6.07, 6.45) is 1.74. The third kappa shape index (κ3) is 5.75. The van der Waals surface area contributed by atoms with Crippen LogP contribution in [-0.4, -0.2) is 41.2 Å². The van der Waals surface area contributed by atoms with Crippen molar-refractivity contribution in [2.24, 2.45) is 4.99 Å². The smallest absolute Gasteiger partial charge is 0.335 e. The van der Waals surface area contributed by atoms with Crippen molar-refractivity contribution in [3.05, 3.63) is 91.8 Å². The molecule has 0 atom stereocenters. The van der Waals surface area contributed by atoms with Gasteiger partial charge < -0.3 is 14.6 Å². The van der Waals surface area contributed by atoms with Gasteiger partial charge in [-0.2, -0.15) is 0 Å². The molecule has 0 bridgehead atoms. The van der Waals surface area contributed by atoms with Crippen LogP contribution in [0, 0.1) is 0 Å². The van der Waals surface area contributed by atoms with Gasteiger partial charge in [0.1, 0.15) is 6.61 Å². The lowest BCUT2D eigenvalue weighted by Gasteiger charge is -2.13. The number of hydrogen-bond donors (Lipinski definition) is 1. The van der Waals surface area contributed by atoms with Crippen molar-refractivity contribution in [1.29, 1.82) is 0 Å². The van der Waals surface area contributed by atoms with Gasteiger partial charge in [0, 0.05) is 22.1 Å². The fourth-order valence-electron chi connectivity index (χ4n) is 3.32. The summed E-state index contributed by atoms with van der Waals surface area (Å²) in [7, 11) is 3.17. The van der Waals surface area contributed by atoms with E-state index in [0.29, 0.717) is 36.8 Å². The maximum atomic E-state index is 12.9. The first-order chi connectivity index (χ1) is 17.3. The molecule has 3 aromatic rings. The van der Waals surface area contributed by atoms with E-state index in [4.69, 9.17) is 21.1 Å². The van der Waals surface area contributed by atoms with Crippen LogP contribution in [0.25, 0.3) is 6.08 Å². The number of likely N-dealkylation sites (N-methyl/N-ethyl adjacent to an activating group) is 1. The molecule has 10 heteroatoms. The van der Waals surface area contributed by atoms with Crippen LogP contribution in [0.4, 0.5) is 5.69 Å². The highest BCUT2D eigenvalue weighted by atomic mass is 79.9. The lowest BCUT2D eigenvalue weighted by atomic mass is 10.1. The van der Waals surface area contributed by atoms with E-state index in [1.54, 1.807) is 50.6 Å². The van der Waals surface area contributed by atoms with Crippen molar-refractivity contribution >= 4 is 68.1 Å². The summed E-state index contributed by atoms with van der Waals surface area (Å²) in [6.45, 7) is 0.269. The molecule has 1 heterocycles. The Kier molecular flexibility index (Phi) is 8.03. The Morgan fingerprint density at radius 2 is 1.94 bits per heavy atom. The third-order valence-corrected chi connectivity index (χ3v) is 7.35. The van der Waals surface area contributed by atoms with Crippen LogP contribution in [-0.2, 0) is 11.4 Å². The van der Waals surface area contributed by atoms with Crippen LogP contribution in [0.15, 0.2) is 75.0 Å². The van der Waals surface area contributed by atoms with E-state index in [-0.39, 0.29) is 18.1 Å². The van der Waals surface area contributed by atoms with Gasteiger partial charge in [0.05, 0.1) is 23.3 Å². The minimum atomic E-state index is -1.04. The maximum absolute atomic E-state index is 12.9. The van der Waals surface area contributed by atoms with Gasteiger partial charge in [-0.3, -0.25) is 9.69 Å². The molecule has 1 N–H and O–H groups in total. The molecule has 3 aromatic carbocycles. The van der Waals surface area contributed by atoms with Crippen molar-refractivity contribution in [1.82, 2.24) is 4.90 Å². The number of nitrogens with zero attached hydrogens (tertiary/aromatic N) is 2. The van der Waals surface area contributed by atoms with E-state index in [1.165, 1.54) is 28.8 Å². The molecule has 1 aliphatic heterocycles. The van der Waals surface area contributed by atoms with Crippen LogP contribution < -0.4 is 9.47 Å². The summed E-state index contributed by atoms with van der Waals surface area (Å²) in [5, 5.41) is 10.3. The van der Waals surface area contributed by atoms with Gasteiger partial charge in [-0.15, -0.1) is 0 Å². The Morgan fingerprint density at radius 1 is 1.17 bits per heavy atom. The lowest BCUT2D eigenvalue weighted by molar-refractivity contribution is -0.121. The van der Waals surface area contributed by atoms with Crippen LogP contribution in [0.5, 0.6) is 11.5 Å². The number of rotatable bonds is 7. The first-order valence-electron chi connectivity index (χ1n) is 10.6. The number of carboxylic acids is 1. The predicted octanol–water partition coefficient (Wildman–Crippen LogP) is 6.62. The van der Waals surface area contributed by atoms with E-state index in [2.05, 4.69) is 20.9 Å². The topological polar surface area (TPSA) is 88.4 Å². The number of ether oxygens (including phenoxy) is 2. The summed E-state index contributed by atoms with van der Waals surface area (Å²) in [5.74, 6) is -0.243. The standard InChI is InChI=1S/C26H20BrClN2O5S/c1-30-24(31)23(36-26(30)29-18-8-5-7-15(10-18)25(32)33)12-17-11-21(34-2)22(13-19(17)27)35-14-16-6-3-4-9-20(16)28/h3-13H,14H2,1-2H3,(H,32,33). The zero-order valence-electron chi connectivity index (χ0n) is 19.2. The van der Waals surface area contributed by atoms with Crippen molar-refractivity contribution in [2.45, 2.75) is 6.61 Å². The number of aromatic carboxylic acids is 1. The molecule has 0 aliphatic carbocycles. The molecule has 7 nitrogen and oxygen atoms in total. The Bertz CT molecular complexity index is 1410. The van der Waals surface area contributed by atoms with Crippen LogP contribution in [0.2, 0.25) is 5.02 Å². The Morgan fingerprint density at radius 3 is 2.67 bits per heavy atom. The van der Waals surface area contributed by atoms with Crippen LogP contribution in [0.3, 0.4) is 0 Å². The summed E-state index contributed by atoms with van der Waals surface area (Å²) in [6, 6.07) is 17.2. The molecular formula is C26H20BrClN2O5S. The fourth-order valence-corrected chi connectivity index (χ4v) is 4.92. The number of carbonyl (C=O) groups is 2. The van der Waals surface area contributed by atoms with Gasteiger partial charge in [-0.25, -0.2) is 9.79 Å². The molecule has 1 aliphatic rings. The van der Waals surface area contributed by atoms with E-state index in [0.717, 1.165) is 11.1 Å². The van der Waals surface area contributed by atoms with Crippen molar-refractivity contribution in [2.75, 3.05) is 14.2 Å². The van der Waals surface area contributed by atoms with Gasteiger partial charge in [0.25, 0.3) is 5.91 Å². The minimum Gasteiger partial charge on any atom is -0.493 e. The number of methoxy groups -OCH3 is 1. The Balaban J connectivity index is 1.58. The molecule has 36 heavy (non-hydrogen) atoms. The number of amides is 1. The summed E-state index contributed by atoms with van der Waals surface area (Å²) < 4.78 is 12.2. The zero-order valence-corrected chi connectivity index (χ0v) is 22.4. The molecular weight excluding hydrogens is 568 g/mol. The average molecular weight is 588 g/mol. The molecule has 0 aromatic heterocycles. The van der Waals surface area contributed by atoms with Gasteiger partial charge >= 0.3 is 5.97 Å². The number of halogens is 2. The molecule has 0 unspecified atom stereocenters. The monoisotopic (exact) mass is 586 g/mol. The van der Waals surface area contributed by atoms with Crippen molar-refractivity contribution in [3.63, 3.8) is 0 Å².